The molecule has 12 nitrogen and oxygen atoms in total. The SMILES string of the molecule is CCO[Si](OCC)(OCC)[Si](OCC)(OCC)OCC.CO[Si](OC)(OC)[Si](OC)(OC)OC. The summed E-state index contributed by atoms with van der Waals surface area (Å²) in [6.07, 6.45) is 0. The first kappa shape index (κ1) is 36.5. The molecule has 0 aromatic rings. The maximum atomic E-state index is 5.91. The molecule has 0 N–H and O–H groups in total. The van der Waals surface area contributed by atoms with E-state index in [1.165, 1.54) is 42.7 Å². The topological polar surface area (TPSA) is 111 Å². The van der Waals surface area contributed by atoms with Gasteiger partial charge < -0.3 is 53.1 Å². The molecule has 16 heteroatoms. The van der Waals surface area contributed by atoms with Gasteiger partial charge in [-0.25, -0.2) is 0 Å². The Labute approximate surface area is 210 Å². The summed E-state index contributed by atoms with van der Waals surface area (Å²) in [5.41, 5.74) is 0. The van der Waals surface area contributed by atoms with E-state index in [0.717, 1.165) is 0 Å². The number of hydrogen-bond donors (Lipinski definition) is 0. The molecule has 208 valence electrons. The molecule has 0 atom stereocenters. The molecule has 0 rings (SSSR count). The van der Waals surface area contributed by atoms with E-state index in [2.05, 4.69) is 0 Å². The van der Waals surface area contributed by atoms with Crippen molar-refractivity contribution in [3.05, 3.63) is 0 Å². The second-order valence-corrected chi connectivity index (χ2v) is 22.0. The highest BCUT2D eigenvalue weighted by Crippen LogP contribution is 2.27. The van der Waals surface area contributed by atoms with E-state index in [4.69, 9.17) is 53.1 Å². The first-order chi connectivity index (χ1) is 16.2. The Bertz CT molecular complexity index is 391. The zero-order valence-corrected chi connectivity index (χ0v) is 27.1. The first-order valence-corrected chi connectivity index (χ1v) is 20.3. The molecule has 0 heterocycles. The van der Waals surface area contributed by atoms with Gasteiger partial charge in [-0.15, -0.1) is 0 Å². The van der Waals surface area contributed by atoms with E-state index in [9.17, 15) is 0 Å². The molecular weight excluding hydrogens is 521 g/mol. The second-order valence-electron chi connectivity index (χ2n) is 6.05. The van der Waals surface area contributed by atoms with Crippen LogP contribution in [0.4, 0.5) is 0 Å². The summed E-state index contributed by atoms with van der Waals surface area (Å²) in [6.45, 7) is 14.2. The molecule has 0 unspecified atom stereocenters. The smallest absolute Gasteiger partial charge is 0.375 e. The Hall–Kier alpha value is 0.388. The van der Waals surface area contributed by atoms with Crippen molar-refractivity contribution in [1.29, 1.82) is 0 Å². The van der Waals surface area contributed by atoms with Crippen molar-refractivity contribution in [2.45, 2.75) is 41.5 Å². The Morgan fingerprint density at radius 1 is 0.294 bits per heavy atom. The highest BCUT2D eigenvalue weighted by molar-refractivity contribution is 7.27. The van der Waals surface area contributed by atoms with Gasteiger partial charge in [0.2, 0.25) is 0 Å². The molecule has 0 aromatic heterocycles. The van der Waals surface area contributed by atoms with Gasteiger partial charge in [0.25, 0.3) is 0 Å². The first-order valence-electron chi connectivity index (χ1n) is 11.4. The average Bonchev–Trinajstić information content (AvgIpc) is 2.84. The van der Waals surface area contributed by atoms with E-state index in [0.29, 0.717) is 39.6 Å². The van der Waals surface area contributed by atoms with Gasteiger partial charge in [-0.1, -0.05) is 0 Å². The second kappa shape index (κ2) is 19.5. The molecule has 0 aliphatic rings. The summed E-state index contributed by atoms with van der Waals surface area (Å²) in [5, 5.41) is 0. The lowest BCUT2D eigenvalue weighted by molar-refractivity contribution is 0.0224. The molecule has 0 amide bonds. The van der Waals surface area contributed by atoms with E-state index in [1.54, 1.807) is 0 Å². The summed E-state index contributed by atoms with van der Waals surface area (Å²) >= 11 is 0. The molecule has 0 fully saturated rings. The highest BCUT2D eigenvalue weighted by Gasteiger charge is 2.72. The third-order valence-electron chi connectivity index (χ3n) is 4.37. The molecule has 0 aromatic carbocycles. The van der Waals surface area contributed by atoms with Crippen LogP contribution in [0.2, 0.25) is 0 Å². The Balaban J connectivity index is 0. The van der Waals surface area contributed by atoms with Crippen LogP contribution in [0.25, 0.3) is 0 Å². The zero-order chi connectivity index (χ0) is 26.7. The van der Waals surface area contributed by atoms with Crippen LogP contribution >= 0.6 is 0 Å². The van der Waals surface area contributed by atoms with Gasteiger partial charge in [0, 0.05) is 82.3 Å². The van der Waals surface area contributed by atoms with Gasteiger partial charge in [-0.3, -0.25) is 0 Å². The molecular formula is C18H48O12Si4. The summed E-state index contributed by atoms with van der Waals surface area (Å²) < 4.78 is 67.0. The van der Waals surface area contributed by atoms with Crippen LogP contribution in [0.15, 0.2) is 0 Å². The van der Waals surface area contributed by atoms with E-state index < -0.39 is 33.3 Å². The summed E-state index contributed by atoms with van der Waals surface area (Å²) in [5.74, 6) is 0. The van der Waals surface area contributed by atoms with Crippen LogP contribution in [0.1, 0.15) is 41.5 Å². The fourth-order valence-corrected chi connectivity index (χ4v) is 19.8. The quantitative estimate of drug-likeness (QED) is 0.200. The van der Waals surface area contributed by atoms with Gasteiger partial charge in [-0.2, -0.15) is 0 Å². The Morgan fingerprint density at radius 2 is 0.441 bits per heavy atom. The van der Waals surface area contributed by atoms with Crippen molar-refractivity contribution in [3.8, 4) is 0 Å². The normalized spacial score (nSPS) is 13.1. The molecule has 0 bridgehead atoms. The lowest BCUT2D eigenvalue weighted by Gasteiger charge is -2.39. The van der Waals surface area contributed by atoms with Crippen LogP contribution in [-0.2, 0) is 53.1 Å². The molecule has 0 radical (unpaired) electrons. The van der Waals surface area contributed by atoms with E-state index >= 15 is 0 Å². The van der Waals surface area contributed by atoms with Gasteiger partial charge in [0.1, 0.15) is 0 Å². The molecule has 0 spiro atoms. The largest absolute Gasteiger partial charge is 0.577 e. The molecule has 0 aliphatic carbocycles. The molecule has 34 heavy (non-hydrogen) atoms. The molecule has 0 saturated carbocycles. The Morgan fingerprint density at radius 3 is 0.529 bits per heavy atom. The maximum absolute atomic E-state index is 5.91. The van der Waals surface area contributed by atoms with Gasteiger partial charge in [0.05, 0.1) is 0 Å². The lowest BCUT2D eigenvalue weighted by atomic mass is 10.9. The number of rotatable bonds is 20. The van der Waals surface area contributed by atoms with Crippen molar-refractivity contribution >= 4 is 33.3 Å². The van der Waals surface area contributed by atoms with Crippen molar-refractivity contribution in [1.82, 2.24) is 0 Å². The average molecular weight is 569 g/mol. The fraction of sp³-hybridized carbons (Fsp3) is 1.00. The minimum absolute atomic E-state index is 0.466. The van der Waals surface area contributed by atoms with Gasteiger partial charge in [0.15, 0.2) is 0 Å². The summed E-state index contributed by atoms with van der Waals surface area (Å²) in [4.78, 5) is 0. The summed E-state index contributed by atoms with van der Waals surface area (Å²) in [6, 6.07) is 0. The van der Waals surface area contributed by atoms with Crippen molar-refractivity contribution in [3.63, 3.8) is 0 Å². The predicted molar refractivity (Wildman–Crippen MR) is 135 cm³/mol. The van der Waals surface area contributed by atoms with Crippen LogP contribution in [0.3, 0.4) is 0 Å². The predicted octanol–water partition coefficient (Wildman–Crippen LogP) is 1.98. The third kappa shape index (κ3) is 8.75. The monoisotopic (exact) mass is 568 g/mol. The van der Waals surface area contributed by atoms with Crippen LogP contribution in [0.5, 0.6) is 0 Å². The van der Waals surface area contributed by atoms with Crippen molar-refractivity contribution < 1.29 is 53.1 Å². The zero-order valence-electron chi connectivity index (χ0n) is 23.1. The number of hydrogen-bond acceptors (Lipinski definition) is 12. The fourth-order valence-electron chi connectivity index (χ4n) is 3.17. The molecule has 0 saturated heterocycles. The van der Waals surface area contributed by atoms with Crippen LogP contribution in [-0.4, -0.2) is 116 Å². The minimum Gasteiger partial charge on any atom is -0.375 e. The minimum atomic E-state index is -3.17. The standard InChI is InChI=1S/C12H30O6Si2.C6H18O6Si2/c1-7-13-19(14-8-2,15-9-3)20(16-10-4,17-11-5)18-12-6;1-7-13(8-2,9-3)14(10-4,11-5)12-6/h7-12H2,1-6H3;1-6H3. The third-order valence-corrected chi connectivity index (χ3v) is 23.9. The molecule has 0 aliphatic heterocycles. The van der Waals surface area contributed by atoms with Crippen molar-refractivity contribution in [2.75, 3.05) is 82.3 Å². The van der Waals surface area contributed by atoms with Gasteiger partial charge in [-0.05, 0) is 41.5 Å². The maximum Gasteiger partial charge on any atom is 0.577 e. The summed E-state index contributed by atoms with van der Waals surface area (Å²) in [7, 11) is -3.48. The van der Waals surface area contributed by atoms with Crippen LogP contribution in [0, 0.1) is 0 Å². The van der Waals surface area contributed by atoms with E-state index in [1.807, 2.05) is 41.5 Å². The van der Waals surface area contributed by atoms with E-state index in [-0.39, 0.29) is 0 Å². The highest BCUT2D eigenvalue weighted by atomic mass is 29.3. The lowest BCUT2D eigenvalue weighted by Crippen LogP contribution is -2.74. The Kier molecular flexibility index (Phi) is 21.0. The van der Waals surface area contributed by atoms with Crippen molar-refractivity contribution in [2.24, 2.45) is 0 Å². The van der Waals surface area contributed by atoms with Gasteiger partial charge >= 0.3 is 33.3 Å². The van der Waals surface area contributed by atoms with Crippen LogP contribution < -0.4 is 0 Å².